The van der Waals surface area contributed by atoms with Crippen molar-refractivity contribution in [1.82, 2.24) is 14.8 Å². The average molecular weight is 569 g/mol. The van der Waals surface area contributed by atoms with Gasteiger partial charge < -0.3 is 10.1 Å². The van der Waals surface area contributed by atoms with Gasteiger partial charge in [-0.2, -0.15) is 0 Å². The van der Waals surface area contributed by atoms with Crippen LogP contribution in [0.15, 0.2) is 52.8 Å². The summed E-state index contributed by atoms with van der Waals surface area (Å²) in [6.45, 7) is 4.40. The van der Waals surface area contributed by atoms with Gasteiger partial charge in [0.15, 0.2) is 11.0 Å². The number of ether oxygens (including phenoxy) is 1. The first kappa shape index (κ1) is 26.3. The number of thiophene rings is 2. The summed E-state index contributed by atoms with van der Waals surface area (Å²) in [7, 11) is 1.28. The number of benzene rings is 1. The lowest BCUT2D eigenvalue weighted by molar-refractivity contribution is -0.113. The maximum atomic E-state index is 13.4. The van der Waals surface area contributed by atoms with Gasteiger partial charge in [0, 0.05) is 33.3 Å². The van der Waals surface area contributed by atoms with E-state index in [0.717, 1.165) is 24.2 Å². The highest BCUT2D eigenvalue weighted by molar-refractivity contribution is 7.99. The van der Waals surface area contributed by atoms with Gasteiger partial charge in [-0.25, -0.2) is 9.18 Å². The SMILES string of the molecule is C=CCn1c(SCC(=O)Nc2scc(-c3ccc(F)cc3)c2C(=O)OC)nnc1-c1csc2c1CCCC2. The molecule has 5 rings (SSSR count). The smallest absolute Gasteiger partial charge is 0.341 e. The molecule has 0 bridgehead atoms. The molecule has 0 radical (unpaired) electrons. The summed E-state index contributed by atoms with van der Waals surface area (Å²) in [5.74, 6) is -0.386. The Morgan fingerprint density at radius 2 is 1.92 bits per heavy atom. The van der Waals surface area contributed by atoms with Gasteiger partial charge in [-0.3, -0.25) is 9.36 Å². The Morgan fingerprint density at radius 1 is 1.16 bits per heavy atom. The molecule has 1 N–H and O–H groups in total. The number of hydrogen-bond donors (Lipinski definition) is 1. The molecule has 0 atom stereocenters. The summed E-state index contributed by atoms with van der Waals surface area (Å²) >= 11 is 4.26. The van der Waals surface area contributed by atoms with E-state index in [4.69, 9.17) is 4.74 Å². The third kappa shape index (κ3) is 5.31. The molecule has 1 amide bonds. The number of hydrogen-bond acceptors (Lipinski definition) is 8. The number of nitrogens with one attached hydrogen (secondary N) is 1. The summed E-state index contributed by atoms with van der Waals surface area (Å²) < 4.78 is 20.3. The molecule has 7 nitrogen and oxygen atoms in total. The van der Waals surface area contributed by atoms with E-state index in [1.807, 2.05) is 4.57 Å². The average Bonchev–Trinajstić information content (AvgIpc) is 3.65. The van der Waals surface area contributed by atoms with E-state index in [2.05, 4.69) is 27.5 Å². The van der Waals surface area contributed by atoms with E-state index in [9.17, 15) is 14.0 Å². The Hall–Kier alpha value is -3.28. The molecule has 11 heteroatoms. The Bertz CT molecular complexity index is 1490. The zero-order valence-electron chi connectivity index (χ0n) is 20.7. The van der Waals surface area contributed by atoms with Crippen LogP contribution in [0.2, 0.25) is 0 Å². The first-order valence-electron chi connectivity index (χ1n) is 12.0. The molecule has 38 heavy (non-hydrogen) atoms. The predicted molar refractivity (Wildman–Crippen MR) is 151 cm³/mol. The van der Waals surface area contributed by atoms with E-state index < -0.39 is 5.97 Å². The Labute approximate surface area is 231 Å². The van der Waals surface area contributed by atoms with E-state index >= 15 is 0 Å². The number of carbonyl (C=O) groups excluding carboxylic acids is 2. The monoisotopic (exact) mass is 568 g/mol. The van der Waals surface area contributed by atoms with E-state index in [-0.39, 0.29) is 23.0 Å². The second kappa shape index (κ2) is 11.6. The van der Waals surface area contributed by atoms with Crippen molar-refractivity contribution >= 4 is 51.3 Å². The molecule has 0 aliphatic heterocycles. The quantitative estimate of drug-likeness (QED) is 0.142. The third-order valence-corrected chi connectivity index (χ3v) is 9.20. The fourth-order valence-corrected chi connectivity index (χ4v) is 7.30. The van der Waals surface area contributed by atoms with Crippen LogP contribution < -0.4 is 5.32 Å². The van der Waals surface area contributed by atoms with Crippen molar-refractivity contribution in [1.29, 1.82) is 0 Å². The minimum absolute atomic E-state index is 0.0708. The van der Waals surface area contributed by atoms with Crippen molar-refractivity contribution in [2.45, 2.75) is 37.4 Å². The molecule has 1 aliphatic carbocycles. The van der Waals surface area contributed by atoms with Crippen LogP contribution in [0, 0.1) is 5.82 Å². The molecule has 0 unspecified atom stereocenters. The zero-order chi connectivity index (χ0) is 26.6. The number of halogens is 1. The Morgan fingerprint density at radius 3 is 2.68 bits per heavy atom. The lowest BCUT2D eigenvalue weighted by Gasteiger charge is -2.13. The molecular weight excluding hydrogens is 544 g/mol. The Kier molecular flexibility index (Phi) is 8.06. The molecule has 0 saturated carbocycles. The number of allylic oxidation sites excluding steroid dienone is 1. The fourth-order valence-electron chi connectivity index (χ4n) is 4.46. The van der Waals surface area contributed by atoms with Crippen molar-refractivity contribution in [2.75, 3.05) is 18.2 Å². The van der Waals surface area contributed by atoms with Crippen molar-refractivity contribution < 1.29 is 18.7 Å². The van der Waals surface area contributed by atoms with E-state index in [1.165, 1.54) is 65.6 Å². The minimum atomic E-state index is -0.581. The molecule has 0 spiro atoms. The minimum Gasteiger partial charge on any atom is -0.465 e. The van der Waals surface area contributed by atoms with Gasteiger partial charge in [-0.05, 0) is 48.9 Å². The highest BCUT2D eigenvalue weighted by Gasteiger charge is 2.24. The number of fused-ring (bicyclic) bond motifs is 1. The van der Waals surface area contributed by atoms with Crippen LogP contribution >= 0.6 is 34.4 Å². The van der Waals surface area contributed by atoms with Crippen molar-refractivity contribution in [3.05, 3.63) is 69.5 Å². The second-order valence-corrected chi connectivity index (χ2v) is 11.4. The number of methoxy groups -OCH3 is 1. The van der Waals surface area contributed by atoms with E-state index in [1.54, 1.807) is 34.9 Å². The maximum Gasteiger partial charge on any atom is 0.341 e. The standard InChI is InChI=1S/C27H25FN4O3S3/c1-3-12-32-24(20-14-36-21-7-5-4-6-18(20)21)30-31-27(32)38-15-22(33)29-25-23(26(34)35-2)19(13-37-25)16-8-10-17(28)11-9-16/h3,8-11,13-14H,1,4-7,12,15H2,2H3,(H,29,33). The summed E-state index contributed by atoms with van der Waals surface area (Å²) in [5, 5.41) is 16.6. The number of anilines is 1. The highest BCUT2D eigenvalue weighted by Crippen LogP contribution is 2.38. The van der Waals surface area contributed by atoms with Gasteiger partial charge in [0.25, 0.3) is 0 Å². The van der Waals surface area contributed by atoms with Crippen LogP contribution in [-0.2, 0) is 28.9 Å². The molecular formula is C27H25FN4O3S3. The third-order valence-electron chi connectivity index (χ3n) is 6.25. The predicted octanol–water partition coefficient (Wildman–Crippen LogP) is 6.46. The van der Waals surface area contributed by atoms with E-state index in [0.29, 0.717) is 27.8 Å². The van der Waals surface area contributed by atoms with Crippen molar-refractivity contribution in [3.8, 4) is 22.5 Å². The van der Waals surface area contributed by atoms with Crippen LogP contribution in [0.5, 0.6) is 0 Å². The second-order valence-electron chi connectivity index (χ2n) is 8.65. The molecule has 0 fully saturated rings. The van der Waals surface area contributed by atoms with Gasteiger partial charge in [-0.1, -0.05) is 30.0 Å². The lowest BCUT2D eigenvalue weighted by atomic mass is 9.95. The van der Waals surface area contributed by atoms with Gasteiger partial charge in [0.1, 0.15) is 16.4 Å². The van der Waals surface area contributed by atoms with Crippen LogP contribution in [-0.4, -0.2) is 39.5 Å². The largest absolute Gasteiger partial charge is 0.465 e. The summed E-state index contributed by atoms with van der Waals surface area (Å²) in [6.07, 6.45) is 6.34. The van der Waals surface area contributed by atoms with Crippen molar-refractivity contribution in [3.63, 3.8) is 0 Å². The van der Waals surface area contributed by atoms with Crippen LogP contribution in [0.1, 0.15) is 33.6 Å². The highest BCUT2D eigenvalue weighted by atomic mass is 32.2. The number of carbonyl (C=O) groups is 2. The summed E-state index contributed by atoms with van der Waals surface area (Å²) in [5.41, 5.74) is 3.93. The first-order valence-corrected chi connectivity index (χ1v) is 14.8. The van der Waals surface area contributed by atoms with Gasteiger partial charge in [0.2, 0.25) is 5.91 Å². The molecule has 3 aromatic heterocycles. The van der Waals surface area contributed by atoms with Crippen LogP contribution in [0.3, 0.4) is 0 Å². The number of aromatic nitrogens is 3. The Balaban J connectivity index is 1.34. The summed E-state index contributed by atoms with van der Waals surface area (Å²) in [6, 6.07) is 5.81. The maximum absolute atomic E-state index is 13.4. The number of nitrogens with zero attached hydrogens (tertiary/aromatic N) is 3. The van der Waals surface area contributed by atoms with Crippen LogP contribution in [0.4, 0.5) is 9.39 Å². The summed E-state index contributed by atoms with van der Waals surface area (Å²) in [4.78, 5) is 26.9. The number of rotatable bonds is 9. The molecule has 196 valence electrons. The molecule has 3 heterocycles. The van der Waals surface area contributed by atoms with Gasteiger partial charge in [-0.15, -0.1) is 39.4 Å². The number of amides is 1. The lowest BCUT2D eigenvalue weighted by Crippen LogP contribution is -2.16. The number of thioether (sulfide) groups is 1. The number of aryl methyl sites for hydroxylation is 1. The molecule has 4 aromatic rings. The molecule has 1 aliphatic rings. The molecule has 1 aromatic carbocycles. The van der Waals surface area contributed by atoms with Gasteiger partial charge >= 0.3 is 5.97 Å². The topological polar surface area (TPSA) is 86.1 Å². The first-order chi connectivity index (χ1) is 18.5. The van der Waals surface area contributed by atoms with Crippen LogP contribution in [0.25, 0.3) is 22.5 Å². The van der Waals surface area contributed by atoms with Gasteiger partial charge in [0.05, 0.1) is 12.9 Å². The fraction of sp³-hybridized carbons (Fsp3) is 0.259. The number of esters is 1. The zero-order valence-corrected chi connectivity index (χ0v) is 23.1. The molecule has 0 saturated heterocycles. The normalized spacial score (nSPS) is 12.7. The van der Waals surface area contributed by atoms with Crippen molar-refractivity contribution in [2.24, 2.45) is 0 Å².